The molecule has 3 atom stereocenters. The number of rotatable bonds is 2. The quantitative estimate of drug-likeness (QED) is 0.814. The van der Waals surface area contributed by atoms with Gasteiger partial charge in [0.25, 0.3) is 0 Å². The van der Waals surface area contributed by atoms with E-state index in [1.165, 1.54) is 0 Å². The molecule has 1 aromatic rings. The molecule has 0 spiro atoms. The molecule has 4 rings (SSSR count). The fraction of sp³-hybridized carbons (Fsp3) is 0.688. The highest BCUT2D eigenvalue weighted by molar-refractivity contribution is 5.80. The van der Waals surface area contributed by atoms with Crippen LogP contribution in [0.5, 0.6) is 0 Å². The minimum absolute atomic E-state index is 0.0168. The van der Waals surface area contributed by atoms with Crippen molar-refractivity contribution in [3.63, 3.8) is 0 Å². The summed E-state index contributed by atoms with van der Waals surface area (Å²) in [6.45, 7) is 4.09. The maximum atomic E-state index is 12.9. The van der Waals surface area contributed by atoms with E-state index >= 15 is 0 Å². The number of hydrogen-bond acceptors (Lipinski definition) is 5. The summed E-state index contributed by atoms with van der Waals surface area (Å²) >= 11 is 0. The number of carbonyl (C=O) groups excluding carboxylic acids is 1. The molecule has 1 amide bonds. The third-order valence-electron chi connectivity index (χ3n) is 5.16. The van der Waals surface area contributed by atoms with E-state index in [0.717, 1.165) is 45.5 Å². The fourth-order valence-corrected chi connectivity index (χ4v) is 4.03. The number of ether oxygens (including phenoxy) is 1. The lowest BCUT2D eigenvalue weighted by atomic mass is 9.82. The second kappa shape index (κ2) is 5.83. The number of likely N-dealkylation sites (tertiary alicyclic amines) is 1. The first kappa shape index (κ1) is 13.9. The molecule has 0 saturated carbocycles. The Balaban J connectivity index is 1.57. The third-order valence-corrected chi connectivity index (χ3v) is 5.16. The van der Waals surface area contributed by atoms with E-state index in [0.29, 0.717) is 24.3 Å². The minimum atomic E-state index is 0.0168. The van der Waals surface area contributed by atoms with Gasteiger partial charge >= 0.3 is 0 Å². The van der Waals surface area contributed by atoms with Crippen LogP contribution in [0.2, 0.25) is 0 Å². The van der Waals surface area contributed by atoms with Crippen LogP contribution in [0.1, 0.15) is 19.3 Å². The van der Waals surface area contributed by atoms with Gasteiger partial charge in [0.2, 0.25) is 11.9 Å². The molecule has 22 heavy (non-hydrogen) atoms. The average Bonchev–Trinajstić information content (AvgIpc) is 3.25. The molecule has 0 bridgehead atoms. The van der Waals surface area contributed by atoms with Crippen molar-refractivity contribution in [1.29, 1.82) is 0 Å². The van der Waals surface area contributed by atoms with Crippen molar-refractivity contribution in [3.05, 3.63) is 18.5 Å². The molecule has 6 heteroatoms. The van der Waals surface area contributed by atoms with E-state index in [-0.39, 0.29) is 12.0 Å². The predicted octanol–water partition coefficient (Wildman–Crippen LogP) is 0.940. The highest BCUT2D eigenvalue weighted by Gasteiger charge is 2.45. The lowest BCUT2D eigenvalue weighted by Gasteiger charge is -2.40. The van der Waals surface area contributed by atoms with Crippen molar-refractivity contribution in [2.24, 2.45) is 11.8 Å². The number of amides is 1. The highest BCUT2D eigenvalue weighted by Crippen LogP contribution is 2.36. The number of piperidine rings is 1. The van der Waals surface area contributed by atoms with Crippen molar-refractivity contribution in [3.8, 4) is 0 Å². The summed E-state index contributed by atoms with van der Waals surface area (Å²) in [6.07, 6.45) is 6.90. The molecular formula is C16H22N4O2. The van der Waals surface area contributed by atoms with E-state index in [2.05, 4.69) is 14.9 Å². The molecule has 0 aliphatic carbocycles. The maximum absolute atomic E-state index is 12.9. The smallest absolute Gasteiger partial charge is 0.227 e. The van der Waals surface area contributed by atoms with Crippen LogP contribution in [-0.4, -0.2) is 59.7 Å². The van der Waals surface area contributed by atoms with Crippen LogP contribution in [0.4, 0.5) is 5.95 Å². The predicted molar refractivity (Wildman–Crippen MR) is 81.4 cm³/mol. The first-order valence-electron chi connectivity index (χ1n) is 8.25. The van der Waals surface area contributed by atoms with Crippen LogP contribution in [-0.2, 0) is 9.53 Å². The van der Waals surface area contributed by atoms with E-state index in [9.17, 15) is 4.79 Å². The van der Waals surface area contributed by atoms with Crippen LogP contribution in [0.15, 0.2) is 18.5 Å². The van der Waals surface area contributed by atoms with Gasteiger partial charge in [-0.15, -0.1) is 0 Å². The van der Waals surface area contributed by atoms with Crippen LogP contribution in [0, 0.1) is 11.8 Å². The normalized spacial score (nSPS) is 31.4. The van der Waals surface area contributed by atoms with Gasteiger partial charge in [-0.2, -0.15) is 0 Å². The molecule has 3 aliphatic heterocycles. The summed E-state index contributed by atoms with van der Waals surface area (Å²) in [4.78, 5) is 25.8. The van der Waals surface area contributed by atoms with Crippen LogP contribution in [0.3, 0.4) is 0 Å². The number of aromatic nitrogens is 2. The summed E-state index contributed by atoms with van der Waals surface area (Å²) in [5.41, 5.74) is 0. The minimum Gasteiger partial charge on any atom is -0.376 e. The summed E-state index contributed by atoms with van der Waals surface area (Å²) in [5, 5.41) is 0. The standard InChI is InChI=1S/C16H22N4O2/c21-15(19-7-1-2-8-19)13-10-20(16-17-5-3-6-18-16)11-14-12(13)4-9-22-14/h3,5-6,12-14H,1-2,4,7-11H2/t12-,13-,14+/m0/s1. The molecule has 0 unspecified atom stereocenters. The maximum Gasteiger partial charge on any atom is 0.227 e. The highest BCUT2D eigenvalue weighted by atomic mass is 16.5. The molecule has 0 aromatic carbocycles. The van der Waals surface area contributed by atoms with Crippen molar-refractivity contribution in [2.45, 2.75) is 25.4 Å². The summed E-state index contributed by atoms with van der Waals surface area (Å²) in [5.74, 6) is 1.38. The van der Waals surface area contributed by atoms with Gasteiger partial charge in [0.05, 0.1) is 12.0 Å². The molecule has 6 nitrogen and oxygen atoms in total. The monoisotopic (exact) mass is 302 g/mol. The van der Waals surface area contributed by atoms with Gasteiger partial charge in [-0.25, -0.2) is 9.97 Å². The van der Waals surface area contributed by atoms with Crippen LogP contribution < -0.4 is 4.90 Å². The second-order valence-electron chi connectivity index (χ2n) is 6.45. The summed E-state index contributed by atoms with van der Waals surface area (Å²) in [7, 11) is 0. The van der Waals surface area contributed by atoms with Crippen molar-refractivity contribution >= 4 is 11.9 Å². The van der Waals surface area contributed by atoms with E-state index in [4.69, 9.17) is 4.74 Å². The number of carbonyl (C=O) groups is 1. The molecular weight excluding hydrogens is 280 g/mol. The number of hydrogen-bond donors (Lipinski definition) is 0. The topological polar surface area (TPSA) is 58.6 Å². The van der Waals surface area contributed by atoms with E-state index in [1.54, 1.807) is 12.4 Å². The van der Waals surface area contributed by atoms with Gasteiger partial charge in [-0.05, 0) is 25.3 Å². The van der Waals surface area contributed by atoms with Crippen LogP contribution >= 0.6 is 0 Å². The SMILES string of the molecule is O=C([C@H]1CN(c2ncccn2)C[C@H]2OCC[C@@H]12)N1CCCC1. The Kier molecular flexibility index (Phi) is 3.70. The Labute approximate surface area is 130 Å². The molecule has 1 aromatic heterocycles. The molecule has 3 aliphatic rings. The number of anilines is 1. The van der Waals surface area contributed by atoms with Gasteiger partial charge < -0.3 is 14.5 Å². The lowest BCUT2D eigenvalue weighted by molar-refractivity contribution is -0.137. The molecule has 4 heterocycles. The van der Waals surface area contributed by atoms with Gasteiger partial charge in [0.1, 0.15) is 0 Å². The largest absolute Gasteiger partial charge is 0.376 e. The first-order chi connectivity index (χ1) is 10.8. The zero-order chi connectivity index (χ0) is 14.9. The Morgan fingerprint density at radius 2 is 1.95 bits per heavy atom. The third kappa shape index (κ3) is 2.45. The Morgan fingerprint density at radius 3 is 2.73 bits per heavy atom. The Morgan fingerprint density at radius 1 is 1.18 bits per heavy atom. The number of fused-ring (bicyclic) bond motifs is 1. The molecule has 0 radical (unpaired) electrons. The number of nitrogens with zero attached hydrogens (tertiary/aromatic N) is 4. The molecule has 118 valence electrons. The Bertz CT molecular complexity index is 532. The molecule has 0 N–H and O–H groups in total. The fourth-order valence-electron chi connectivity index (χ4n) is 4.03. The van der Waals surface area contributed by atoms with E-state index < -0.39 is 0 Å². The molecule has 3 fully saturated rings. The van der Waals surface area contributed by atoms with Crippen molar-refractivity contribution in [2.75, 3.05) is 37.7 Å². The van der Waals surface area contributed by atoms with Gasteiger partial charge in [-0.1, -0.05) is 0 Å². The zero-order valence-electron chi connectivity index (χ0n) is 12.7. The molecule has 3 saturated heterocycles. The van der Waals surface area contributed by atoms with Gasteiger partial charge in [-0.3, -0.25) is 4.79 Å². The summed E-state index contributed by atoms with van der Waals surface area (Å²) < 4.78 is 5.88. The van der Waals surface area contributed by atoms with Crippen molar-refractivity contribution < 1.29 is 9.53 Å². The van der Waals surface area contributed by atoms with Crippen molar-refractivity contribution in [1.82, 2.24) is 14.9 Å². The summed E-state index contributed by atoms with van der Waals surface area (Å²) in [6, 6.07) is 1.81. The average molecular weight is 302 g/mol. The Hall–Kier alpha value is -1.69. The van der Waals surface area contributed by atoms with Gasteiger partial charge in [0, 0.05) is 51.1 Å². The zero-order valence-corrected chi connectivity index (χ0v) is 12.7. The van der Waals surface area contributed by atoms with Gasteiger partial charge in [0.15, 0.2) is 0 Å². The van der Waals surface area contributed by atoms with E-state index in [1.807, 2.05) is 11.0 Å². The van der Waals surface area contributed by atoms with Crippen LogP contribution in [0.25, 0.3) is 0 Å². The first-order valence-corrected chi connectivity index (χ1v) is 8.25. The second-order valence-corrected chi connectivity index (χ2v) is 6.45. The lowest BCUT2D eigenvalue weighted by Crippen LogP contribution is -2.53.